The molecule has 0 radical (unpaired) electrons. The summed E-state index contributed by atoms with van der Waals surface area (Å²) in [5, 5.41) is 3.40. The Morgan fingerprint density at radius 2 is 2.12 bits per heavy atom. The van der Waals surface area contributed by atoms with Gasteiger partial charge in [0.05, 0.1) is 7.11 Å². The van der Waals surface area contributed by atoms with Gasteiger partial charge in [-0.15, -0.1) is 0 Å². The molecule has 0 aromatic heterocycles. The predicted molar refractivity (Wildman–Crippen MR) is 70.3 cm³/mol. The maximum atomic E-state index is 6.00. The molecule has 3 N–H and O–H groups in total. The Morgan fingerprint density at radius 1 is 1.35 bits per heavy atom. The number of hydrogen-bond acceptors (Lipinski definition) is 3. The fourth-order valence-electron chi connectivity index (χ4n) is 2.63. The number of nitrogens with one attached hydrogen (secondary N) is 1. The molecule has 0 bridgehead atoms. The smallest absolute Gasteiger partial charge is 0.119 e. The largest absolute Gasteiger partial charge is 0.497 e. The van der Waals surface area contributed by atoms with Gasteiger partial charge in [0.25, 0.3) is 0 Å². The van der Waals surface area contributed by atoms with Crippen LogP contribution in [0.5, 0.6) is 5.75 Å². The third-order valence-electron chi connectivity index (χ3n) is 3.81. The molecule has 2 rings (SSSR count). The molecule has 3 heteroatoms. The summed E-state index contributed by atoms with van der Waals surface area (Å²) >= 11 is 0. The number of methoxy groups -OCH3 is 1. The van der Waals surface area contributed by atoms with Crippen LogP contribution in [0.25, 0.3) is 0 Å². The van der Waals surface area contributed by atoms with E-state index in [9.17, 15) is 0 Å². The van der Waals surface area contributed by atoms with Gasteiger partial charge in [0.1, 0.15) is 5.75 Å². The minimum absolute atomic E-state index is 0.275. The minimum atomic E-state index is 0.275. The Balaban J connectivity index is 2.11. The van der Waals surface area contributed by atoms with Gasteiger partial charge in [-0.1, -0.05) is 12.1 Å². The van der Waals surface area contributed by atoms with Crippen molar-refractivity contribution in [2.75, 3.05) is 26.7 Å². The van der Waals surface area contributed by atoms with Crippen LogP contribution in [0.4, 0.5) is 0 Å². The van der Waals surface area contributed by atoms with E-state index in [1.165, 1.54) is 18.4 Å². The molecule has 17 heavy (non-hydrogen) atoms. The molecule has 1 fully saturated rings. The summed E-state index contributed by atoms with van der Waals surface area (Å²) in [6.45, 7) is 2.94. The number of ether oxygens (including phenoxy) is 1. The van der Waals surface area contributed by atoms with Crippen molar-refractivity contribution in [3.8, 4) is 5.75 Å². The van der Waals surface area contributed by atoms with Crippen LogP contribution in [0.15, 0.2) is 24.3 Å². The van der Waals surface area contributed by atoms with Crippen LogP contribution in [-0.2, 0) is 6.42 Å². The van der Waals surface area contributed by atoms with E-state index >= 15 is 0 Å². The van der Waals surface area contributed by atoms with Gasteiger partial charge in [0.2, 0.25) is 0 Å². The van der Waals surface area contributed by atoms with Crippen molar-refractivity contribution in [2.45, 2.75) is 19.3 Å². The van der Waals surface area contributed by atoms with Crippen molar-refractivity contribution in [3.05, 3.63) is 29.8 Å². The summed E-state index contributed by atoms with van der Waals surface area (Å²) in [6.07, 6.45) is 3.39. The Hall–Kier alpha value is -1.06. The molecular weight excluding hydrogens is 212 g/mol. The van der Waals surface area contributed by atoms with Crippen LogP contribution >= 0.6 is 0 Å². The van der Waals surface area contributed by atoms with Gasteiger partial charge in [-0.2, -0.15) is 0 Å². The lowest BCUT2D eigenvalue weighted by Crippen LogP contribution is -2.43. The SMILES string of the molecule is COc1cccc(CC2(CN)CCNCC2)c1. The van der Waals surface area contributed by atoms with E-state index in [1.54, 1.807) is 7.11 Å². The van der Waals surface area contributed by atoms with Gasteiger partial charge < -0.3 is 15.8 Å². The predicted octanol–water partition coefficient (Wildman–Crippen LogP) is 1.57. The lowest BCUT2D eigenvalue weighted by Gasteiger charge is -2.36. The van der Waals surface area contributed by atoms with Crippen molar-refractivity contribution in [2.24, 2.45) is 11.1 Å². The van der Waals surface area contributed by atoms with Crippen molar-refractivity contribution in [1.82, 2.24) is 5.32 Å². The molecule has 0 aliphatic carbocycles. The normalized spacial score (nSPS) is 18.9. The Bertz CT molecular complexity index is 359. The van der Waals surface area contributed by atoms with Gasteiger partial charge in [-0.05, 0) is 62.0 Å². The zero-order valence-corrected chi connectivity index (χ0v) is 10.5. The Kier molecular flexibility index (Phi) is 4.02. The third-order valence-corrected chi connectivity index (χ3v) is 3.81. The standard InChI is InChI=1S/C14H22N2O/c1-17-13-4-2-3-12(9-13)10-14(11-15)5-7-16-8-6-14/h2-4,9,16H,5-8,10-11,15H2,1H3. The Labute approximate surface area is 103 Å². The van der Waals surface area contributed by atoms with Gasteiger partial charge in [-0.3, -0.25) is 0 Å². The van der Waals surface area contributed by atoms with Crippen LogP contribution in [0, 0.1) is 5.41 Å². The fraction of sp³-hybridized carbons (Fsp3) is 0.571. The minimum Gasteiger partial charge on any atom is -0.497 e. The first kappa shape index (κ1) is 12.4. The summed E-state index contributed by atoms with van der Waals surface area (Å²) < 4.78 is 5.27. The van der Waals surface area contributed by atoms with Crippen LogP contribution in [0.2, 0.25) is 0 Å². The van der Waals surface area contributed by atoms with E-state index in [2.05, 4.69) is 23.5 Å². The second-order valence-electron chi connectivity index (χ2n) is 4.98. The summed E-state index contributed by atoms with van der Waals surface area (Å²) in [5.41, 5.74) is 7.60. The molecule has 0 saturated carbocycles. The van der Waals surface area contributed by atoms with Gasteiger partial charge in [0, 0.05) is 0 Å². The summed E-state index contributed by atoms with van der Waals surface area (Å²) in [7, 11) is 1.71. The third kappa shape index (κ3) is 2.99. The number of rotatable bonds is 4. The molecule has 1 aliphatic heterocycles. The first-order valence-corrected chi connectivity index (χ1v) is 6.32. The quantitative estimate of drug-likeness (QED) is 0.831. The van der Waals surface area contributed by atoms with Crippen molar-refractivity contribution >= 4 is 0 Å². The van der Waals surface area contributed by atoms with Crippen LogP contribution in [0.1, 0.15) is 18.4 Å². The maximum Gasteiger partial charge on any atom is 0.119 e. The van der Waals surface area contributed by atoms with Crippen molar-refractivity contribution < 1.29 is 4.74 Å². The lowest BCUT2D eigenvalue weighted by molar-refractivity contribution is 0.210. The lowest BCUT2D eigenvalue weighted by atomic mass is 9.74. The van der Waals surface area contributed by atoms with Crippen LogP contribution < -0.4 is 15.8 Å². The van der Waals surface area contributed by atoms with Gasteiger partial charge in [-0.25, -0.2) is 0 Å². The Morgan fingerprint density at radius 3 is 2.76 bits per heavy atom. The zero-order valence-electron chi connectivity index (χ0n) is 10.5. The topological polar surface area (TPSA) is 47.3 Å². The highest BCUT2D eigenvalue weighted by Gasteiger charge is 2.30. The molecule has 1 aliphatic rings. The van der Waals surface area contributed by atoms with E-state index in [0.29, 0.717) is 0 Å². The zero-order chi connectivity index (χ0) is 12.1. The second-order valence-corrected chi connectivity index (χ2v) is 4.98. The second kappa shape index (κ2) is 5.52. The molecule has 1 aromatic rings. The first-order valence-electron chi connectivity index (χ1n) is 6.32. The summed E-state index contributed by atoms with van der Waals surface area (Å²) in [4.78, 5) is 0. The summed E-state index contributed by atoms with van der Waals surface area (Å²) in [5.74, 6) is 0.934. The van der Waals surface area contributed by atoms with Crippen LogP contribution in [-0.4, -0.2) is 26.7 Å². The number of benzene rings is 1. The molecule has 0 unspecified atom stereocenters. The molecule has 94 valence electrons. The highest BCUT2D eigenvalue weighted by molar-refractivity contribution is 5.29. The summed E-state index contributed by atoms with van der Waals surface area (Å²) in [6, 6.07) is 8.34. The molecule has 0 atom stereocenters. The van der Waals surface area contributed by atoms with E-state index in [-0.39, 0.29) is 5.41 Å². The van der Waals surface area contributed by atoms with E-state index in [4.69, 9.17) is 10.5 Å². The number of piperidine rings is 1. The van der Waals surface area contributed by atoms with Gasteiger partial charge >= 0.3 is 0 Å². The van der Waals surface area contributed by atoms with Crippen molar-refractivity contribution in [1.29, 1.82) is 0 Å². The van der Waals surface area contributed by atoms with Crippen molar-refractivity contribution in [3.63, 3.8) is 0 Å². The average Bonchev–Trinajstić information content (AvgIpc) is 2.40. The molecular formula is C14H22N2O. The molecule has 0 spiro atoms. The molecule has 1 aromatic carbocycles. The van der Waals surface area contributed by atoms with E-state index in [0.717, 1.165) is 31.8 Å². The van der Waals surface area contributed by atoms with E-state index < -0.39 is 0 Å². The average molecular weight is 234 g/mol. The monoisotopic (exact) mass is 234 g/mol. The highest BCUT2D eigenvalue weighted by atomic mass is 16.5. The van der Waals surface area contributed by atoms with E-state index in [1.807, 2.05) is 6.07 Å². The molecule has 0 amide bonds. The number of nitrogens with two attached hydrogens (primary N) is 1. The van der Waals surface area contributed by atoms with Crippen LogP contribution in [0.3, 0.4) is 0 Å². The highest BCUT2D eigenvalue weighted by Crippen LogP contribution is 2.32. The maximum absolute atomic E-state index is 6.00. The van der Waals surface area contributed by atoms with Gasteiger partial charge in [0.15, 0.2) is 0 Å². The first-order chi connectivity index (χ1) is 8.28. The molecule has 1 saturated heterocycles. The number of hydrogen-bond donors (Lipinski definition) is 2. The fourth-order valence-corrected chi connectivity index (χ4v) is 2.63. The molecule has 1 heterocycles. The molecule has 3 nitrogen and oxygen atoms in total.